The van der Waals surface area contributed by atoms with Gasteiger partial charge < -0.3 is 10.1 Å². The van der Waals surface area contributed by atoms with E-state index in [1.807, 2.05) is 0 Å². The zero-order chi connectivity index (χ0) is 18.9. The first kappa shape index (κ1) is 18.8. The molecule has 0 saturated carbocycles. The summed E-state index contributed by atoms with van der Waals surface area (Å²) >= 11 is 0. The Bertz CT molecular complexity index is 811. The number of rotatable bonds is 8. The zero-order valence-corrected chi connectivity index (χ0v) is 14.1. The predicted octanol–water partition coefficient (Wildman–Crippen LogP) is 2.40. The highest BCUT2D eigenvalue weighted by Crippen LogP contribution is 2.12. The predicted molar refractivity (Wildman–Crippen MR) is 94.2 cm³/mol. The van der Waals surface area contributed by atoms with Crippen LogP contribution in [0.5, 0.6) is 0 Å². The molecule has 0 spiro atoms. The molecular weight excluding hydrogens is 340 g/mol. The van der Waals surface area contributed by atoms with E-state index in [2.05, 4.69) is 10.4 Å². The largest absolute Gasteiger partial charge is 0.463 e. The van der Waals surface area contributed by atoms with E-state index in [1.165, 1.54) is 17.0 Å². The highest BCUT2D eigenvalue weighted by Gasteiger charge is 2.10. The third kappa shape index (κ3) is 5.86. The minimum atomic E-state index is -0.540. The molecule has 2 aromatic rings. The Morgan fingerprint density at radius 1 is 1.35 bits per heavy atom. The molecule has 9 heteroatoms. The molecule has 1 amide bonds. The molecule has 0 aliphatic heterocycles. The fraction of sp³-hybridized carbons (Fsp3) is 0.235. The second kappa shape index (κ2) is 9.11. The summed E-state index contributed by atoms with van der Waals surface area (Å²) in [5, 5.41) is 17.1. The van der Waals surface area contributed by atoms with Gasteiger partial charge in [-0.1, -0.05) is 12.1 Å². The summed E-state index contributed by atoms with van der Waals surface area (Å²) in [6.45, 7) is 2.29. The van der Waals surface area contributed by atoms with Crippen molar-refractivity contribution >= 4 is 29.3 Å². The number of hydrogen-bond acceptors (Lipinski definition) is 6. The Morgan fingerprint density at radius 3 is 2.69 bits per heavy atom. The van der Waals surface area contributed by atoms with Crippen molar-refractivity contribution in [1.82, 2.24) is 9.78 Å². The smallest absolute Gasteiger partial charge is 0.330 e. The Morgan fingerprint density at radius 2 is 2.08 bits per heavy atom. The molecule has 0 aliphatic rings. The normalized spacial score (nSPS) is 10.7. The Labute approximate surface area is 149 Å². The van der Waals surface area contributed by atoms with Gasteiger partial charge in [0, 0.05) is 24.7 Å². The van der Waals surface area contributed by atoms with Crippen LogP contribution in [0, 0.1) is 10.1 Å². The van der Waals surface area contributed by atoms with Crippen molar-refractivity contribution in [3.05, 3.63) is 58.4 Å². The molecule has 136 valence electrons. The van der Waals surface area contributed by atoms with Gasteiger partial charge in [0.1, 0.15) is 12.4 Å². The number of anilines is 1. The molecule has 0 radical (unpaired) electrons. The summed E-state index contributed by atoms with van der Waals surface area (Å²) in [6.07, 6.45) is 5.50. The standard InChI is InChI=1S/C17H18N4O5/c1-2-26-17(23)8-5-13-3-6-14(7-4-13)19-16(22)9-10-20-12-15(11-18-20)21(24)25/h3-8,11-12H,2,9-10H2,1H3,(H,19,22). The van der Waals surface area contributed by atoms with Gasteiger partial charge >= 0.3 is 11.7 Å². The molecule has 0 fully saturated rings. The first-order valence-corrected chi connectivity index (χ1v) is 7.89. The maximum Gasteiger partial charge on any atom is 0.330 e. The van der Waals surface area contributed by atoms with Crippen molar-refractivity contribution in [2.75, 3.05) is 11.9 Å². The lowest BCUT2D eigenvalue weighted by Crippen LogP contribution is -2.14. The van der Waals surface area contributed by atoms with Crippen LogP contribution in [0.4, 0.5) is 11.4 Å². The van der Waals surface area contributed by atoms with Gasteiger partial charge in [-0.15, -0.1) is 0 Å². The maximum absolute atomic E-state index is 11.9. The highest BCUT2D eigenvalue weighted by molar-refractivity contribution is 5.91. The van der Waals surface area contributed by atoms with E-state index in [0.717, 1.165) is 11.8 Å². The van der Waals surface area contributed by atoms with Gasteiger partial charge in [-0.2, -0.15) is 5.10 Å². The fourth-order valence-corrected chi connectivity index (χ4v) is 2.04. The lowest BCUT2D eigenvalue weighted by Gasteiger charge is -2.05. The fourth-order valence-electron chi connectivity index (χ4n) is 2.04. The number of carbonyl (C=O) groups excluding carboxylic acids is 2. The zero-order valence-electron chi connectivity index (χ0n) is 14.1. The van der Waals surface area contributed by atoms with Crippen LogP contribution in [0.25, 0.3) is 6.08 Å². The van der Waals surface area contributed by atoms with Crippen molar-refractivity contribution in [2.45, 2.75) is 19.9 Å². The SMILES string of the molecule is CCOC(=O)C=Cc1ccc(NC(=O)CCn2cc([N+](=O)[O-])cn2)cc1. The summed E-state index contributed by atoms with van der Waals surface area (Å²) in [7, 11) is 0. The lowest BCUT2D eigenvalue weighted by molar-refractivity contribution is -0.385. The van der Waals surface area contributed by atoms with E-state index in [-0.39, 0.29) is 24.6 Å². The number of esters is 1. The van der Waals surface area contributed by atoms with Crippen molar-refractivity contribution in [2.24, 2.45) is 0 Å². The van der Waals surface area contributed by atoms with Crippen LogP contribution in [0.1, 0.15) is 18.9 Å². The molecule has 2 rings (SSSR count). The molecule has 26 heavy (non-hydrogen) atoms. The summed E-state index contributed by atoms with van der Waals surface area (Å²) in [4.78, 5) is 33.2. The number of nitrogens with zero attached hydrogens (tertiary/aromatic N) is 3. The number of amides is 1. The van der Waals surface area contributed by atoms with E-state index >= 15 is 0 Å². The maximum atomic E-state index is 11.9. The van der Waals surface area contributed by atoms with Crippen molar-refractivity contribution in [1.29, 1.82) is 0 Å². The molecule has 9 nitrogen and oxygen atoms in total. The van der Waals surface area contributed by atoms with Crippen LogP contribution in [0.15, 0.2) is 42.7 Å². The number of benzene rings is 1. The van der Waals surface area contributed by atoms with Crippen LogP contribution in [0.3, 0.4) is 0 Å². The minimum absolute atomic E-state index is 0.114. The summed E-state index contributed by atoms with van der Waals surface area (Å²) in [5.41, 5.74) is 1.28. The summed E-state index contributed by atoms with van der Waals surface area (Å²) < 4.78 is 6.14. The molecule has 1 aromatic carbocycles. The monoisotopic (exact) mass is 358 g/mol. The minimum Gasteiger partial charge on any atom is -0.463 e. The van der Waals surface area contributed by atoms with Gasteiger partial charge in [0.05, 0.1) is 11.5 Å². The van der Waals surface area contributed by atoms with E-state index in [4.69, 9.17) is 4.74 Å². The number of carbonyl (C=O) groups is 2. The molecule has 0 atom stereocenters. The molecule has 0 unspecified atom stereocenters. The Balaban J connectivity index is 1.83. The first-order chi connectivity index (χ1) is 12.5. The average Bonchev–Trinajstić information content (AvgIpc) is 3.09. The van der Waals surface area contributed by atoms with Crippen LogP contribution in [-0.4, -0.2) is 33.2 Å². The van der Waals surface area contributed by atoms with Gasteiger partial charge in [0.15, 0.2) is 0 Å². The van der Waals surface area contributed by atoms with Gasteiger partial charge in [-0.05, 0) is 30.7 Å². The van der Waals surface area contributed by atoms with Crippen molar-refractivity contribution < 1.29 is 19.2 Å². The molecule has 1 heterocycles. The number of ether oxygens (including phenoxy) is 1. The Hall–Kier alpha value is -3.49. The van der Waals surface area contributed by atoms with Gasteiger partial charge in [-0.3, -0.25) is 19.6 Å². The number of nitro groups is 1. The van der Waals surface area contributed by atoms with Crippen molar-refractivity contribution in [3.8, 4) is 0 Å². The van der Waals surface area contributed by atoms with Crippen LogP contribution in [0.2, 0.25) is 0 Å². The molecular formula is C17H18N4O5. The summed E-state index contributed by atoms with van der Waals surface area (Å²) in [6, 6.07) is 6.92. The number of aryl methyl sites for hydroxylation is 1. The molecule has 0 aliphatic carbocycles. The molecule has 0 bridgehead atoms. The number of aromatic nitrogens is 2. The number of nitrogens with one attached hydrogen (secondary N) is 1. The summed E-state index contributed by atoms with van der Waals surface area (Å²) in [5.74, 6) is -0.651. The van der Waals surface area contributed by atoms with E-state index in [0.29, 0.717) is 12.3 Å². The average molecular weight is 358 g/mol. The molecule has 1 N–H and O–H groups in total. The van der Waals surface area contributed by atoms with Crippen LogP contribution >= 0.6 is 0 Å². The third-order valence-electron chi connectivity index (χ3n) is 3.29. The number of hydrogen-bond donors (Lipinski definition) is 1. The Kier molecular flexibility index (Phi) is 6.60. The van der Waals surface area contributed by atoms with Crippen molar-refractivity contribution in [3.63, 3.8) is 0 Å². The van der Waals surface area contributed by atoms with Crippen LogP contribution in [-0.2, 0) is 20.9 Å². The van der Waals surface area contributed by atoms with E-state index in [1.54, 1.807) is 37.3 Å². The topological polar surface area (TPSA) is 116 Å². The lowest BCUT2D eigenvalue weighted by atomic mass is 10.2. The second-order valence-corrected chi connectivity index (χ2v) is 5.22. The van der Waals surface area contributed by atoms with Gasteiger partial charge in [-0.25, -0.2) is 4.79 Å². The first-order valence-electron chi connectivity index (χ1n) is 7.89. The van der Waals surface area contributed by atoms with E-state index in [9.17, 15) is 19.7 Å². The second-order valence-electron chi connectivity index (χ2n) is 5.22. The quantitative estimate of drug-likeness (QED) is 0.335. The molecule has 1 aromatic heterocycles. The molecule has 0 saturated heterocycles. The van der Waals surface area contributed by atoms with Gasteiger partial charge in [0.25, 0.3) is 0 Å². The third-order valence-corrected chi connectivity index (χ3v) is 3.29. The van der Waals surface area contributed by atoms with Gasteiger partial charge in [0.2, 0.25) is 5.91 Å². The van der Waals surface area contributed by atoms with E-state index < -0.39 is 10.9 Å². The van der Waals surface area contributed by atoms with Crippen LogP contribution < -0.4 is 5.32 Å². The highest BCUT2D eigenvalue weighted by atomic mass is 16.6.